The number of nitrogens with one attached hydrogen (secondary N) is 1. The standard InChI is InChI=1S/C15H23N3O2.ClH/c1-5-6-13(16)14(19)17-11-8-7-10(2)12(9-11)15(20)18(3)4;/h7-9,13H,5-6,16H2,1-4H3,(H,17,19);1H. The van der Waals surface area contributed by atoms with Crippen LogP contribution in [0.15, 0.2) is 18.2 Å². The third-order valence-electron chi connectivity index (χ3n) is 3.08. The van der Waals surface area contributed by atoms with Crippen LogP contribution in [0.1, 0.15) is 35.7 Å². The first-order valence-corrected chi connectivity index (χ1v) is 6.75. The number of nitrogens with zero attached hydrogens (tertiary/aromatic N) is 1. The van der Waals surface area contributed by atoms with Crippen LogP contribution in [0.4, 0.5) is 5.69 Å². The van der Waals surface area contributed by atoms with Crippen LogP contribution in [0.5, 0.6) is 0 Å². The van der Waals surface area contributed by atoms with E-state index in [1.807, 2.05) is 19.9 Å². The van der Waals surface area contributed by atoms with Crippen molar-refractivity contribution in [2.45, 2.75) is 32.7 Å². The molecule has 0 saturated heterocycles. The molecule has 0 fully saturated rings. The molecule has 0 aliphatic carbocycles. The van der Waals surface area contributed by atoms with Crippen LogP contribution in [-0.2, 0) is 4.79 Å². The van der Waals surface area contributed by atoms with Crippen LogP contribution in [0, 0.1) is 6.92 Å². The van der Waals surface area contributed by atoms with Gasteiger partial charge in [0.15, 0.2) is 0 Å². The zero-order valence-electron chi connectivity index (χ0n) is 13.0. The van der Waals surface area contributed by atoms with Gasteiger partial charge >= 0.3 is 0 Å². The molecule has 0 aromatic heterocycles. The van der Waals surface area contributed by atoms with Gasteiger partial charge in [-0.05, 0) is 31.0 Å². The fraction of sp³-hybridized carbons (Fsp3) is 0.467. The van der Waals surface area contributed by atoms with Crippen molar-refractivity contribution in [1.82, 2.24) is 4.90 Å². The number of benzene rings is 1. The van der Waals surface area contributed by atoms with E-state index in [0.717, 1.165) is 12.0 Å². The van der Waals surface area contributed by atoms with Crippen LogP contribution in [0.3, 0.4) is 0 Å². The summed E-state index contributed by atoms with van der Waals surface area (Å²) < 4.78 is 0. The van der Waals surface area contributed by atoms with E-state index in [0.29, 0.717) is 17.7 Å². The minimum Gasteiger partial charge on any atom is -0.345 e. The number of halogens is 1. The molecule has 0 saturated carbocycles. The molecular formula is C15H24ClN3O2. The van der Waals surface area contributed by atoms with Gasteiger partial charge in [-0.1, -0.05) is 19.4 Å². The Morgan fingerprint density at radius 1 is 1.33 bits per heavy atom. The average molecular weight is 314 g/mol. The van der Waals surface area contributed by atoms with Gasteiger partial charge in [0.1, 0.15) is 0 Å². The van der Waals surface area contributed by atoms with Crippen molar-refractivity contribution in [3.05, 3.63) is 29.3 Å². The van der Waals surface area contributed by atoms with Crippen LogP contribution in [-0.4, -0.2) is 36.9 Å². The Morgan fingerprint density at radius 2 is 1.95 bits per heavy atom. The Kier molecular flexibility index (Phi) is 7.99. The van der Waals surface area contributed by atoms with E-state index in [-0.39, 0.29) is 24.2 Å². The zero-order valence-corrected chi connectivity index (χ0v) is 13.8. The first-order chi connectivity index (χ1) is 9.36. The maximum Gasteiger partial charge on any atom is 0.253 e. The number of carbonyl (C=O) groups is 2. The van der Waals surface area contributed by atoms with Crippen molar-refractivity contribution in [1.29, 1.82) is 0 Å². The summed E-state index contributed by atoms with van der Waals surface area (Å²) >= 11 is 0. The van der Waals surface area contributed by atoms with Crippen LogP contribution in [0.25, 0.3) is 0 Å². The number of anilines is 1. The molecule has 0 radical (unpaired) electrons. The Balaban J connectivity index is 0.00000400. The number of hydrogen-bond donors (Lipinski definition) is 2. The topological polar surface area (TPSA) is 75.4 Å². The minimum atomic E-state index is -0.519. The second-order valence-electron chi connectivity index (χ2n) is 5.11. The van der Waals surface area contributed by atoms with E-state index in [1.54, 1.807) is 26.2 Å². The molecule has 1 aromatic rings. The number of nitrogens with two attached hydrogens (primary N) is 1. The number of carbonyl (C=O) groups excluding carboxylic acids is 2. The van der Waals surface area contributed by atoms with E-state index >= 15 is 0 Å². The summed E-state index contributed by atoms with van der Waals surface area (Å²) in [4.78, 5) is 25.4. The molecule has 2 amide bonds. The SMILES string of the molecule is CCCC(N)C(=O)Nc1ccc(C)c(C(=O)N(C)C)c1.Cl. The maximum atomic E-state index is 12.0. The highest BCUT2D eigenvalue weighted by Gasteiger charge is 2.15. The quantitative estimate of drug-likeness (QED) is 0.875. The fourth-order valence-electron chi connectivity index (χ4n) is 1.85. The molecule has 0 aliphatic rings. The van der Waals surface area contributed by atoms with E-state index in [2.05, 4.69) is 5.32 Å². The number of aryl methyl sites for hydroxylation is 1. The van der Waals surface area contributed by atoms with Gasteiger partial charge in [0.05, 0.1) is 6.04 Å². The summed E-state index contributed by atoms with van der Waals surface area (Å²) in [5.41, 5.74) is 7.81. The fourth-order valence-corrected chi connectivity index (χ4v) is 1.85. The van der Waals surface area contributed by atoms with Crippen molar-refractivity contribution in [3.63, 3.8) is 0 Å². The number of amides is 2. The smallest absolute Gasteiger partial charge is 0.253 e. The first-order valence-electron chi connectivity index (χ1n) is 6.75. The highest BCUT2D eigenvalue weighted by atomic mass is 35.5. The monoisotopic (exact) mass is 313 g/mol. The van der Waals surface area contributed by atoms with Gasteiger partial charge in [0, 0.05) is 25.3 Å². The number of hydrogen-bond acceptors (Lipinski definition) is 3. The van der Waals surface area contributed by atoms with Crippen molar-refractivity contribution < 1.29 is 9.59 Å². The van der Waals surface area contributed by atoms with Crippen LogP contribution < -0.4 is 11.1 Å². The average Bonchev–Trinajstić information content (AvgIpc) is 2.40. The summed E-state index contributed by atoms with van der Waals surface area (Å²) in [5, 5.41) is 2.75. The zero-order chi connectivity index (χ0) is 15.3. The molecular weight excluding hydrogens is 290 g/mol. The molecule has 0 bridgehead atoms. The summed E-state index contributed by atoms with van der Waals surface area (Å²) in [5.74, 6) is -0.310. The third kappa shape index (κ3) is 5.36. The van der Waals surface area contributed by atoms with E-state index in [4.69, 9.17) is 5.73 Å². The minimum absolute atomic E-state index is 0. The van der Waals surface area contributed by atoms with Crippen molar-refractivity contribution >= 4 is 29.9 Å². The van der Waals surface area contributed by atoms with E-state index in [1.165, 1.54) is 4.90 Å². The first kappa shape index (κ1) is 19.4. The summed E-state index contributed by atoms with van der Waals surface area (Å²) in [6, 6.07) is 4.76. The Morgan fingerprint density at radius 3 is 2.48 bits per heavy atom. The normalized spacial score (nSPS) is 11.3. The van der Waals surface area contributed by atoms with Crippen molar-refractivity contribution in [2.24, 2.45) is 5.73 Å². The molecule has 1 unspecified atom stereocenters. The van der Waals surface area contributed by atoms with Gasteiger partial charge in [0.25, 0.3) is 5.91 Å². The third-order valence-corrected chi connectivity index (χ3v) is 3.08. The molecule has 6 heteroatoms. The second-order valence-corrected chi connectivity index (χ2v) is 5.11. The van der Waals surface area contributed by atoms with Gasteiger partial charge in [-0.15, -0.1) is 12.4 Å². The number of rotatable bonds is 5. The second kappa shape index (κ2) is 8.64. The molecule has 0 spiro atoms. The molecule has 5 nitrogen and oxygen atoms in total. The maximum absolute atomic E-state index is 12.0. The largest absolute Gasteiger partial charge is 0.345 e. The summed E-state index contributed by atoms with van der Waals surface area (Å²) in [6.45, 7) is 3.85. The molecule has 3 N–H and O–H groups in total. The van der Waals surface area contributed by atoms with Crippen molar-refractivity contribution in [3.8, 4) is 0 Å². The molecule has 0 aliphatic heterocycles. The highest BCUT2D eigenvalue weighted by Crippen LogP contribution is 2.17. The van der Waals surface area contributed by atoms with Crippen molar-refractivity contribution in [2.75, 3.05) is 19.4 Å². The molecule has 21 heavy (non-hydrogen) atoms. The molecule has 118 valence electrons. The highest BCUT2D eigenvalue weighted by molar-refractivity contribution is 5.99. The van der Waals surface area contributed by atoms with Crippen LogP contribution >= 0.6 is 12.4 Å². The molecule has 0 heterocycles. The summed E-state index contributed by atoms with van der Waals surface area (Å²) in [6.07, 6.45) is 1.49. The lowest BCUT2D eigenvalue weighted by Gasteiger charge is -2.15. The van der Waals surface area contributed by atoms with Crippen LogP contribution in [0.2, 0.25) is 0 Å². The Labute approximate surface area is 132 Å². The van der Waals surface area contributed by atoms with Gasteiger partial charge < -0.3 is 16.0 Å². The van der Waals surface area contributed by atoms with Gasteiger partial charge in [-0.25, -0.2) is 0 Å². The van der Waals surface area contributed by atoms with Gasteiger partial charge in [-0.2, -0.15) is 0 Å². The lowest BCUT2D eigenvalue weighted by molar-refractivity contribution is -0.117. The predicted molar refractivity (Wildman–Crippen MR) is 88.0 cm³/mol. The molecule has 1 aromatic carbocycles. The molecule has 1 atom stereocenters. The van der Waals surface area contributed by atoms with E-state index in [9.17, 15) is 9.59 Å². The Hall–Kier alpha value is -1.59. The Bertz CT molecular complexity index is 504. The summed E-state index contributed by atoms with van der Waals surface area (Å²) in [7, 11) is 3.40. The lowest BCUT2D eigenvalue weighted by atomic mass is 10.1. The van der Waals surface area contributed by atoms with E-state index < -0.39 is 6.04 Å². The van der Waals surface area contributed by atoms with Gasteiger partial charge in [0.2, 0.25) is 5.91 Å². The van der Waals surface area contributed by atoms with Gasteiger partial charge in [-0.3, -0.25) is 9.59 Å². The predicted octanol–water partition coefficient (Wildman–Crippen LogP) is 2.18. The lowest BCUT2D eigenvalue weighted by Crippen LogP contribution is -2.35. The molecule has 1 rings (SSSR count).